The molecule has 1 heterocycles. The Kier molecular flexibility index (Phi) is 6.37. The standard InChI is InChI=1S/C17H22N4O5S/c1-11-15(27(24,25)21(2)3)10-14(26-11)17(23)20-13-7-5-4-6-12(13)16(22)19-9-8-18/h4-7,10H,8-9,18H2,1-3H3,(H,19,22)(H,20,23). The molecule has 0 aliphatic heterocycles. The summed E-state index contributed by atoms with van der Waals surface area (Å²) < 4.78 is 30.9. The number of carbonyl (C=O) groups is 2. The van der Waals surface area contributed by atoms with Gasteiger partial charge in [-0.25, -0.2) is 12.7 Å². The summed E-state index contributed by atoms with van der Waals surface area (Å²) in [5, 5.41) is 5.20. The summed E-state index contributed by atoms with van der Waals surface area (Å²) in [5.74, 6) is -1.13. The summed E-state index contributed by atoms with van der Waals surface area (Å²) >= 11 is 0. The second kappa shape index (κ2) is 8.33. The van der Waals surface area contributed by atoms with Crippen molar-refractivity contribution >= 4 is 27.5 Å². The second-order valence-electron chi connectivity index (χ2n) is 5.86. The average molecular weight is 394 g/mol. The molecule has 2 aromatic rings. The fraction of sp³-hybridized carbons (Fsp3) is 0.294. The lowest BCUT2D eigenvalue weighted by Gasteiger charge is -2.10. The van der Waals surface area contributed by atoms with E-state index in [-0.39, 0.29) is 40.1 Å². The van der Waals surface area contributed by atoms with Gasteiger partial charge in [0.15, 0.2) is 5.76 Å². The van der Waals surface area contributed by atoms with Gasteiger partial charge >= 0.3 is 0 Å². The first-order chi connectivity index (χ1) is 12.7. The van der Waals surface area contributed by atoms with Crippen LogP contribution in [0.3, 0.4) is 0 Å². The number of anilines is 1. The average Bonchev–Trinajstić information content (AvgIpc) is 3.02. The number of nitrogens with two attached hydrogens (primary N) is 1. The fourth-order valence-electron chi connectivity index (χ4n) is 2.29. The monoisotopic (exact) mass is 394 g/mol. The topological polar surface area (TPSA) is 135 Å². The van der Waals surface area contributed by atoms with Gasteiger partial charge in [0.25, 0.3) is 11.8 Å². The fourth-order valence-corrected chi connectivity index (χ4v) is 3.34. The van der Waals surface area contributed by atoms with E-state index in [1.165, 1.54) is 21.0 Å². The Bertz CT molecular complexity index is 950. The van der Waals surface area contributed by atoms with Crippen LogP contribution in [0.4, 0.5) is 5.69 Å². The van der Waals surface area contributed by atoms with E-state index in [1.54, 1.807) is 24.3 Å². The van der Waals surface area contributed by atoms with Crippen LogP contribution in [-0.4, -0.2) is 51.7 Å². The van der Waals surface area contributed by atoms with E-state index in [0.29, 0.717) is 6.54 Å². The lowest BCUT2D eigenvalue weighted by molar-refractivity contribution is 0.0955. The zero-order chi connectivity index (χ0) is 20.2. The molecular formula is C17H22N4O5S. The quantitative estimate of drug-likeness (QED) is 0.635. The molecule has 0 aliphatic carbocycles. The molecule has 0 atom stereocenters. The SMILES string of the molecule is Cc1oc(C(=O)Nc2ccccc2C(=O)NCCN)cc1S(=O)(=O)N(C)C. The number of nitrogens with one attached hydrogen (secondary N) is 2. The lowest BCUT2D eigenvalue weighted by Crippen LogP contribution is -2.29. The van der Waals surface area contributed by atoms with E-state index >= 15 is 0 Å². The Balaban J connectivity index is 2.28. The van der Waals surface area contributed by atoms with Gasteiger partial charge in [-0.05, 0) is 19.1 Å². The predicted molar refractivity (Wildman–Crippen MR) is 100 cm³/mol. The van der Waals surface area contributed by atoms with E-state index < -0.39 is 15.9 Å². The van der Waals surface area contributed by atoms with Gasteiger partial charge in [0, 0.05) is 33.3 Å². The minimum Gasteiger partial charge on any atom is -0.455 e. The number of nitrogens with zero attached hydrogens (tertiary/aromatic N) is 1. The molecule has 0 radical (unpaired) electrons. The number of furan rings is 1. The highest BCUT2D eigenvalue weighted by atomic mass is 32.2. The molecule has 4 N–H and O–H groups in total. The van der Waals surface area contributed by atoms with Crippen LogP contribution >= 0.6 is 0 Å². The Morgan fingerprint density at radius 1 is 1.19 bits per heavy atom. The highest BCUT2D eigenvalue weighted by Crippen LogP contribution is 2.24. The molecule has 2 amide bonds. The molecule has 9 nitrogen and oxygen atoms in total. The molecule has 146 valence electrons. The number of carbonyl (C=O) groups excluding carboxylic acids is 2. The largest absolute Gasteiger partial charge is 0.455 e. The van der Waals surface area contributed by atoms with Crippen LogP contribution in [0, 0.1) is 6.92 Å². The van der Waals surface area contributed by atoms with Crippen LogP contribution in [-0.2, 0) is 10.0 Å². The van der Waals surface area contributed by atoms with Gasteiger partial charge in [0.05, 0.1) is 11.3 Å². The molecule has 0 saturated carbocycles. The Labute approximate surface area is 157 Å². The maximum absolute atomic E-state index is 12.5. The van der Waals surface area contributed by atoms with Gasteiger partial charge in [-0.2, -0.15) is 0 Å². The van der Waals surface area contributed by atoms with Crippen molar-refractivity contribution in [2.45, 2.75) is 11.8 Å². The maximum atomic E-state index is 12.5. The number of rotatable bonds is 7. The molecule has 1 aromatic heterocycles. The molecule has 0 aliphatic rings. The van der Waals surface area contributed by atoms with Crippen LogP contribution in [0.15, 0.2) is 39.6 Å². The number of hydrogen-bond acceptors (Lipinski definition) is 6. The molecule has 0 saturated heterocycles. The summed E-state index contributed by atoms with van der Waals surface area (Å²) in [6.07, 6.45) is 0. The van der Waals surface area contributed by atoms with Crippen molar-refractivity contribution in [3.8, 4) is 0 Å². The summed E-state index contributed by atoms with van der Waals surface area (Å²) in [6, 6.07) is 7.59. The first-order valence-corrected chi connectivity index (χ1v) is 9.54. The van der Waals surface area contributed by atoms with Gasteiger partial charge in [0.1, 0.15) is 10.7 Å². The normalized spacial score (nSPS) is 11.4. The van der Waals surface area contributed by atoms with Crippen LogP contribution in [0.1, 0.15) is 26.7 Å². The molecule has 0 unspecified atom stereocenters. The van der Waals surface area contributed by atoms with E-state index in [2.05, 4.69) is 10.6 Å². The number of hydrogen-bond donors (Lipinski definition) is 3. The molecular weight excluding hydrogens is 372 g/mol. The second-order valence-corrected chi connectivity index (χ2v) is 7.98. The zero-order valence-corrected chi connectivity index (χ0v) is 16.1. The molecule has 0 fully saturated rings. The summed E-state index contributed by atoms with van der Waals surface area (Å²) in [5.41, 5.74) is 5.89. The van der Waals surface area contributed by atoms with Gasteiger partial charge in [-0.3, -0.25) is 9.59 Å². The first-order valence-electron chi connectivity index (χ1n) is 8.10. The minimum absolute atomic E-state index is 0.0911. The van der Waals surface area contributed by atoms with Gasteiger partial charge in [-0.1, -0.05) is 12.1 Å². The van der Waals surface area contributed by atoms with Crippen molar-refractivity contribution < 1.29 is 22.4 Å². The number of aryl methyl sites for hydroxylation is 1. The Morgan fingerprint density at radius 3 is 2.48 bits per heavy atom. The summed E-state index contributed by atoms with van der Waals surface area (Å²) in [4.78, 5) is 24.6. The van der Waals surface area contributed by atoms with E-state index in [1.807, 2.05) is 0 Å². The van der Waals surface area contributed by atoms with Crippen molar-refractivity contribution in [1.29, 1.82) is 0 Å². The Morgan fingerprint density at radius 2 is 1.85 bits per heavy atom. The van der Waals surface area contributed by atoms with E-state index in [4.69, 9.17) is 10.2 Å². The van der Waals surface area contributed by atoms with Crippen LogP contribution < -0.4 is 16.4 Å². The third-order valence-electron chi connectivity index (χ3n) is 3.70. The third kappa shape index (κ3) is 4.54. The number of benzene rings is 1. The van der Waals surface area contributed by atoms with E-state index in [9.17, 15) is 18.0 Å². The van der Waals surface area contributed by atoms with Crippen molar-refractivity contribution in [3.63, 3.8) is 0 Å². The van der Waals surface area contributed by atoms with Crippen LogP contribution in [0.25, 0.3) is 0 Å². The third-order valence-corrected chi connectivity index (χ3v) is 5.63. The van der Waals surface area contributed by atoms with Crippen molar-refractivity contribution in [1.82, 2.24) is 9.62 Å². The van der Waals surface area contributed by atoms with Crippen molar-refractivity contribution in [3.05, 3.63) is 47.4 Å². The van der Waals surface area contributed by atoms with Gasteiger partial charge in [0.2, 0.25) is 10.0 Å². The summed E-state index contributed by atoms with van der Waals surface area (Å²) in [6.45, 7) is 2.04. The molecule has 0 bridgehead atoms. The molecule has 27 heavy (non-hydrogen) atoms. The van der Waals surface area contributed by atoms with Gasteiger partial charge < -0.3 is 20.8 Å². The number of amides is 2. The van der Waals surface area contributed by atoms with E-state index in [0.717, 1.165) is 10.4 Å². The lowest BCUT2D eigenvalue weighted by atomic mass is 10.1. The van der Waals surface area contributed by atoms with Crippen molar-refractivity contribution in [2.75, 3.05) is 32.5 Å². The number of para-hydroxylation sites is 1. The smallest absolute Gasteiger partial charge is 0.291 e. The number of sulfonamides is 1. The molecule has 2 rings (SSSR count). The minimum atomic E-state index is -3.74. The zero-order valence-electron chi connectivity index (χ0n) is 15.3. The van der Waals surface area contributed by atoms with Gasteiger partial charge in [-0.15, -0.1) is 0 Å². The Hall–Kier alpha value is -2.69. The predicted octanol–water partition coefficient (Wildman–Crippen LogP) is 0.779. The molecule has 0 spiro atoms. The highest BCUT2D eigenvalue weighted by Gasteiger charge is 2.26. The van der Waals surface area contributed by atoms with Crippen LogP contribution in [0.5, 0.6) is 0 Å². The van der Waals surface area contributed by atoms with Crippen molar-refractivity contribution in [2.24, 2.45) is 5.73 Å². The maximum Gasteiger partial charge on any atom is 0.291 e. The highest BCUT2D eigenvalue weighted by molar-refractivity contribution is 7.89. The first kappa shape index (κ1) is 20.6. The summed E-state index contributed by atoms with van der Waals surface area (Å²) in [7, 11) is -0.968. The molecule has 10 heteroatoms. The molecule has 1 aromatic carbocycles. The van der Waals surface area contributed by atoms with Crippen LogP contribution in [0.2, 0.25) is 0 Å².